The largest absolute Gasteiger partial charge is 0.439 e. The van der Waals surface area contributed by atoms with E-state index in [1.807, 2.05) is 6.07 Å². The van der Waals surface area contributed by atoms with Crippen molar-refractivity contribution in [3.63, 3.8) is 0 Å². The zero-order chi connectivity index (χ0) is 18.6. The van der Waals surface area contributed by atoms with E-state index in [1.165, 1.54) is 30.6 Å². The molecule has 0 atom stereocenters. The van der Waals surface area contributed by atoms with E-state index < -0.39 is 5.82 Å². The van der Waals surface area contributed by atoms with Gasteiger partial charge in [0.15, 0.2) is 0 Å². The van der Waals surface area contributed by atoms with Crippen LogP contribution in [0, 0.1) is 11.6 Å². The van der Waals surface area contributed by atoms with E-state index in [2.05, 4.69) is 20.3 Å². The predicted molar refractivity (Wildman–Crippen MR) is 97.5 cm³/mol. The molecule has 0 bridgehead atoms. The summed E-state index contributed by atoms with van der Waals surface area (Å²) in [6.45, 7) is 0.334. The lowest BCUT2D eigenvalue weighted by Crippen LogP contribution is -2.05. The normalized spacial score (nSPS) is 10.7. The van der Waals surface area contributed by atoms with E-state index in [0.29, 0.717) is 34.9 Å². The van der Waals surface area contributed by atoms with Crippen molar-refractivity contribution in [2.75, 3.05) is 5.32 Å². The molecule has 2 heterocycles. The van der Waals surface area contributed by atoms with Gasteiger partial charge in [0.05, 0.1) is 5.52 Å². The Morgan fingerprint density at radius 3 is 2.67 bits per heavy atom. The molecule has 0 amide bonds. The molecule has 4 rings (SSSR count). The molecule has 2 aromatic carbocycles. The summed E-state index contributed by atoms with van der Waals surface area (Å²) in [5.74, 6) is 0.444. The first-order valence-corrected chi connectivity index (χ1v) is 8.20. The third-order valence-electron chi connectivity index (χ3n) is 3.90. The first kappa shape index (κ1) is 16.8. The van der Waals surface area contributed by atoms with Crippen molar-refractivity contribution in [3.05, 3.63) is 84.3 Å². The Bertz CT molecular complexity index is 1100. The van der Waals surface area contributed by atoms with Crippen molar-refractivity contribution in [2.45, 2.75) is 6.54 Å². The molecule has 4 aromatic rings. The molecule has 2 aromatic heterocycles. The van der Waals surface area contributed by atoms with Crippen LogP contribution in [-0.2, 0) is 6.54 Å². The summed E-state index contributed by atoms with van der Waals surface area (Å²) in [6, 6.07) is 13.8. The molecule has 0 radical (unpaired) electrons. The average Bonchev–Trinajstić information content (AvgIpc) is 2.67. The number of halogens is 2. The standard InChI is InChI=1S/C20H14F2N4O/c21-14-4-1-5-16(9-14)27-20-13(3-2-8-23-20)11-24-19-17-10-15(22)6-7-18(17)25-12-26-19/h1-10,12H,11H2,(H,24,25,26). The van der Waals surface area contributed by atoms with E-state index in [0.717, 1.165) is 5.56 Å². The first-order valence-electron chi connectivity index (χ1n) is 8.20. The van der Waals surface area contributed by atoms with Crippen LogP contribution in [0.4, 0.5) is 14.6 Å². The summed E-state index contributed by atoms with van der Waals surface area (Å²) in [7, 11) is 0. The maximum absolute atomic E-state index is 13.6. The maximum Gasteiger partial charge on any atom is 0.224 e. The van der Waals surface area contributed by atoms with Gasteiger partial charge in [-0.1, -0.05) is 12.1 Å². The van der Waals surface area contributed by atoms with Crippen molar-refractivity contribution in [1.29, 1.82) is 0 Å². The highest BCUT2D eigenvalue weighted by Gasteiger charge is 2.09. The summed E-state index contributed by atoms with van der Waals surface area (Å²) < 4.78 is 32.6. The van der Waals surface area contributed by atoms with Crippen LogP contribution in [0.3, 0.4) is 0 Å². The highest BCUT2D eigenvalue weighted by Crippen LogP contribution is 2.25. The van der Waals surface area contributed by atoms with Crippen molar-refractivity contribution in [2.24, 2.45) is 0 Å². The molecule has 27 heavy (non-hydrogen) atoms. The SMILES string of the molecule is Fc1cccc(Oc2ncccc2CNc2ncnc3ccc(F)cc23)c1. The van der Waals surface area contributed by atoms with Crippen molar-refractivity contribution in [3.8, 4) is 11.6 Å². The molecule has 7 heteroatoms. The zero-order valence-corrected chi connectivity index (χ0v) is 14.1. The Hall–Kier alpha value is -3.61. The second kappa shape index (κ2) is 7.33. The monoisotopic (exact) mass is 364 g/mol. The zero-order valence-electron chi connectivity index (χ0n) is 14.1. The third-order valence-corrected chi connectivity index (χ3v) is 3.90. The molecule has 0 aliphatic rings. The Morgan fingerprint density at radius 2 is 1.78 bits per heavy atom. The molecule has 0 aliphatic carbocycles. The predicted octanol–water partition coefficient (Wildman–Crippen LogP) is 4.71. The highest BCUT2D eigenvalue weighted by atomic mass is 19.1. The van der Waals surface area contributed by atoms with Crippen LogP contribution in [-0.4, -0.2) is 15.0 Å². The second-order valence-corrected chi connectivity index (χ2v) is 5.76. The van der Waals surface area contributed by atoms with Crippen LogP contribution < -0.4 is 10.1 Å². The maximum atomic E-state index is 13.6. The van der Waals surface area contributed by atoms with Crippen LogP contribution in [0.25, 0.3) is 10.9 Å². The molecule has 134 valence electrons. The van der Waals surface area contributed by atoms with Gasteiger partial charge in [0.2, 0.25) is 5.88 Å². The van der Waals surface area contributed by atoms with E-state index in [-0.39, 0.29) is 5.82 Å². The molecule has 1 N–H and O–H groups in total. The van der Waals surface area contributed by atoms with Gasteiger partial charge in [-0.25, -0.2) is 23.7 Å². The Balaban J connectivity index is 1.58. The van der Waals surface area contributed by atoms with Crippen LogP contribution in [0.2, 0.25) is 0 Å². The van der Waals surface area contributed by atoms with Crippen molar-refractivity contribution in [1.82, 2.24) is 15.0 Å². The number of fused-ring (bicyclic) bond motifs is 1. The number of anilines is 1. The fourth-order valence-corrected chi connectivity index (χ4v) is 2.64. The topological polar surface area (TPSA) is 59.9 Å². The molecule has 0 saturated carbocycles. The van der Waals surface area contributed by atoms with Crippen molar-refractivity contribution >= 4 is 16.7 Å². The molecule has 0 spiro atoms. The van der Waals surface area contributed by atoms with Gasteiger partial charge < -0.3 is 10.1 Å². The van der Waals surface area contributed by atoms with Gasteiger partial charge in [-0.2, -0.15) is 0 Å². The van der Waals surface area contributed by atoms with E-state index in [1.54, 1.807) is 30.5 Å². The number of hydrogen-bond acceptors (Lipinski definition) is 5. The lowest BCUT2D eigenvalue weighted by molar-refractivity contribution is 0.452. The number of rotatable bonds is 5. The summed E-state index contributed by atoms with van der Waals surface area (Å²) >= 11 is 0. The molecular formula is C20H14F2N4O. The minimum Gasteiger partial charge on any atom is -0.439 e. The summed E-state index contributed by atoms with van der Waals surface area (Å²) in [5.41, 5.74) is 1.38. The molecule has 0 fully saturated rings. The van der Waals surface area contributed by atoms with Crippen LogP contribution in [0.15, 0.2) is 67.1 Å². The molecule has 0 saturated heterocycles. The Kier molecular flexibility index (Phi) is 4.57. The van der Waals surface area contributed by atoms with Gasteiger partial charge in [-0.15, -0.1) is 0 Å². The molecular weight excluding hydrogens is 350 g/mol. The number of ether oxygens (including phenoxy) is 1. The van der Waals surface area contributed by atoms with E-state index in [9.17, 15) is 8.78 Å². The fourth-order valence-electron chi connectivity index (χ4n) is 2.64. The number of nitrogens with one attached hydrogen (secondary N) is 1. The summed E-state index contributed by atoms with van der Waals surface area (Å²) in [4.78, 5) is 12.5. The summed E-state index contributed by atoms with van der Waals surface area (Å²) in [5, 5.41) is 3.73. The lowest BCUT2D eigenvalue weighted by atomic mass is 10.2. The Morgan fingerprint density at radius 1 is 0.889 bits per heavy atom. The first-order chi connectivity index (χ1) is 13.2. The quantitative estimate of drug-likeness (QED) is 0.556. The van der Waals surface area contributed by atoms with Gasteiger partial charge in [-0.05, 0) is 36.4 Å². The van der Waals surface area contributed by atoms with Gasteiger partial charge in [-0.3, -0.25) is 0 Å². The lowest BCUT2D eigenvalue weighted by Gasteiger charge is -2.12. The number of benzene rings is 2. The number of aromatic nitrogens is 3. The van der Waals surface area contributed by atoms with Crippen LogP contribution >= 0.6 is 0 Å². The fraction of sp³-hybridized carbons (Fsp3) is 0.0500. The molecule has 0 unspecified atom stereocenters. The van der Waals surface area contributed by atoms with Crippen LogP contribution in [0.1, 0.15) is 5.56 Å². The minimum atomic E-state index is -0.391. The van der Waals surface area contributed by atoms with E-state index in [4.69, 9.17) is 4.74 Å². The second-order valence-electron chi connectivity index (χ2n) is 5.76. The summed E-state index contributed by atoms with van der Waals surface area (Å²) in [6.07, 6.45) is 3.00. The van der Waals surface area contributed by atoms with E-state index >= 15 is 0 Å². The molecule has 5 nitrogen and oxygen atoms in total. The van der Waals surface area contributed by atoms with Gasteiger partial charge in [0.25, 0.3) is 0 Å². The van der Waals surface area contributed by atoms with Crippen LogP contribution in [0.5, 0.6) is 11.6 Å². The van der Waals surface area contributed by atoms with Crippen molar-refractivity contribution < 1.29 is 13.5 Å². The third kappa shape index (κ3) is 3.82. The number of hydrogen-bond donors (Lipinski definition) is 1. The van der Waals surface area contributed by atoms with Gasteiger partial charge >= 0.3 is 0 Å². The van der Waals surface area contributed by atoms with Gasteiger partial charge in [0.1, 0.15) is 29.5 Å². The minimum absolute atomic E-state index is 0.334. The molecule has 0 aliphatic heterocycles. The smallest absolute Gasteiger partial charge is 0.224 e. The van der Waals surface area contributed by atoms with Gasteiger partial charge in [0, 0.05) is 29.8 Å². The number of nitrogens with zero attached hydrogens (tertiary/aromatic N) is 3. The number of pyridine rings is 1. The Labute approximate surface area is 153 Å². The average molecular weight is 364 g/mol. The highest BCUT2D eigenvalue weighted by molar-refractivity contribution is 5.88.